The molecule has 1 atom stereocenters. The van der Waals surface area contributed by atoms with E-state index in [1.807, 2.05) is 0 Å². The molecule has 0 aliphatic rings. The summed E-state index contributed by atoms with van der Waals surface area (Å²) in [5, 5.41) is 0. The van der Waals surface area contributed by atoms with E-state index in [4.69, 9.17) is 0 Å². The van der Waals surface area contributed by atoms with Crippen molar-refractivity contribution in [2.75, 3.05) is 6.61 Å². The van der Waals surface area contributed by atoms with Gasteiger partial charge >= 0.3 is 12.2 Å². The molecule has 0 aromatic heterocycles. The summed E-state index contributed by atoms with van der Waals surface area (Å²) < 4.78 is 4.32. The van der Waals surface area contributed by atoms with Crippen molar-refractivity contribution in [2.24, 2.45) is 11.5 Å². The van der Waals surface area contributed by atoms with Crippen LogP contribution in [0.25, 0.3) is 0 Å². The number of nitrogens with two attached hydrogens (primary N) is 2. The zero-order valence-electron chi connectivity index (χ0n) is 6.48. The van der Waals surface area contributed by atoms with Crippen LogP contribution in [-0.4, -0.2) is 24.9 Å². The summed E-state index contributed by atoms with van der Waals surface area (Å²) in [4.78, 5) is 28.3. The van der Waals surface area contributed by atoms with Crippen molar-refractivity contribution in [3.63, 3.8) is 0 Å². The molecule has 0 fully saturated rings. The lowest BCUT2D eigenvalue weighted by molar-refractivity contribution is -0.271. The van der Waals surface area contributed by atoms with E-state index >= 15 is 0 Å². The number of primary amides is 2. The summed E-state index contributed by atoms with van der Waals surface area (Å²) in [7, 11) is 0. The lowest BCUT2D eigenvalue weighted by Gasteiger charge is -2.08. The molecule has 7 nitrogen and oxygen atoms in total. The van der Waals surface area contributed by atoms with Gasteiger partial charge in [0.2, 0.25) is 0 Å². The van der Waals surface area contributed by atoms with Gasteiger partial charge in [0.25, 0.3) is 0 Å². The number of carbonyl (C=O) groups excluding carboxylic acids is 2. The monoisotopic (exact) mass is 178 g/mol. The first-order chi connectivity index (χ1) is 5.52. The van der Waals surface area contributed by atoms with Crippen LogP contribution in [0, 0.1) is 0 Å². The first-order valence-corrected chi connectivity index (χ1v) is 3.07. The third kappa shape index (κ3) is 6.62. The molecule has 0 aliphatic heterocycles. The molecule has 70 valence electrons. The van der Waals surface area contributed by atoms with Crippen LogP contribution in [0.4, 0.5) is 9.59 Å². The second-order valence-electron chi connectivity index (χ2n) is 1.94. The number of amides is 2. The third-order valence-corrected chi connectivity index (χ3v) is 0.755. The molecule has 0 saturated carbocycles. The molecule has 7 heteroatoms. The summed E-state index contributed by atoms with van der Waals surface area (Å²) >= 11 is 0. The average Bonchev–Trinajstić information content (AvgIpc) is 1.96. The van der Waals surface area contributed by atoms with Gasteiger partial charge in [-0.1, -0.05) is 0 Å². The predicted octanol–water partition coefficient (Wildman–Crippen LogP) is -0.503. The summed E-state index contributed by atoms with van der Waals surface area (Å²) in [6, 6.07) is 0. The van der Waals surface area contributed by atoms with Crippen LogP contribution < -0.4 is 11.5 Å². The van der Waals surface area contributed by atoms with Gasteiger partial charge < -0.3 is 16.2 Å². The Labute approximate surface area is 68.5 Å². The molecule has 0 aromatic rings. The maximum Gasteiger partial charge on any atom is 0.436 e. The van der Waals surface area contributed by atoms with Crippen LogP contribution in [0.5, 0.6) is 0 Å². The fourth-order valence-corrected chi connectivity index (χ4v) is 0.357. The van der Waals surface area contributed by atoms with Crippen LogP contribution in [0.2, 0.25) is 0 Å². The van der Waals surface area contributed by atoms with Crippen molar-refractivity contribution >= 4 is 12.2 Å². The highest BCUT2D eigenvalue weighted by atomic mass is 17.2. The molecule has 1 unspecified atom stereocenters. The van der Waals surface area contributed by atoms with Crippen molar-refractivity contribution in [1.82, 2.24) is 0 Å². The number of rotatable bonds is 4. The highest BCUT2D eigenvalue weighted by Crippen LogP contribution is 1.92. The van der Waals surface area contributed by atoms with Gasteiger partial charge in [-0.3, -0.25) is 4.89 Å². The normalized spacial score (nSPS) is 11.8. The molecular weight excluding hydrogens is 168 g/mol. The van der Waals surface area contributed by atoms with E-state index in [1.54, 1.807) is 0 Å². The third-order valence-electron chi connectivity index (χ3n) is 0.755. The summed E-state index contributed by atoms with van der Waals surface area (Å²) in [6.07, 6.45) is -2.60. The van der Waals surface area contributed by atoms with Gasteiger partial charge in [0.15, 0.2) is 0 Å². The minimum Gasteiger partial charge on any atom is -0.447 e. The maximum atomic E-state index is 10.1. The van der Waals surface area contributed by atoms with E-state index in [0.29, 0.717) is 0 Å². The van der Waals surface area contributed by atoms with Crippen molar-refractivity contribution in [3.8, 4) is 0 Å². The van der Waals surface area contributed by atoms with Gasteiger partial charge in [-0.25, -0.2) is 9.59 Å². The standard InChI is InChI=1S/C5H10N2O5/c1-3(2-10-4(6)8)11-12-5(7)9/h3H,2H2,1H3,(H2,6,8)(H2,7,9). The summed E-state index contributed by atoms with van der Waals surface area (Å²) in [5.41, 5.74) is 9.23. The fraction of sp³-hybridized carbons (Fsp3) is 0.600. The van der Waals surface area contributed by atoms with Crippen molar-refractivity contribution in [2.45, 2.75) is 13.0 Å². The van der Waals surface area contributed by atoms with E-state index < -0.39 is 18.3 Å². The van der Waals surface area contributed by atoms with Gasteiger partial charge in [0, 0.05) is 0 Å². The molecule has 0 bridgehead atoms. The van der Waals surface area contributed by atoms with Crippen LogP contribution in [0.3, 0.4) is 0 Å². The van der Waals surface area contributed by atoms with Gasteiger partial charge in [-0.05, 0) is 6.92 Å². The SMILES string of the molecule is CC(COC(N)=O)OOC(N)=O. The van der Waals surface area contributed by atoms with Crippen LogP contribution >= 0.6 is 0 Å². The Morgan fingerprint density at radius 3 is 2.33 bits per heavy atom. The second kappa shape index (κ2) is 5.19. The van der Waals surface area contributed by atoms with E-state index in [0.717, 1.165) is 0 Å². The van der Waals surface area contributed by atoms with Crippen molar-refractivity contribution in [1.29, 1.82) is 0 Å². The van der Waals surface area contributed by atoms with Crippen molar-refractivity contribution in [3.05, 3.63) is 0 Å². The molecule has 0 spiro atoms. The highest BCUT2D eigenvalue weighted by molar-refractivity contribution is 5.64. The van der Waals surface area contributed by atoms with Crippen LogP contribution in [0.1, 0.15) is 6.92 Å². The molecular formula is C5H10N2O5. The van der Waals surface area contributed by atoms with Crippen LogP contribution in [0.15, 0.2) is 0 Å². The molecule has 0 radical (unpaired) electrons. The minimum atomic E-state index is -1.07. The molecule has 0 saturated heterocycles. The quantitative estimate of drug-likeness (QED) is 0.444. The second-order valence-corrected chi connectivity index (χ2v) is 1.94. The Morgan fingerprint density at radius 1 is 1.33 bits per heavy atom. The molecule has 12 heavy (non-hydrogen) atoms. The fourth-order valence-electron chi connectivity index (χ4n) is 0.357. The Morgan fingerprint density at radius 2 is 1.92 bits per heavy atom. The molecule has 4 N–H and O–H groups in total. The van der Waals surface area contributed by atoms with Crippen molar-refractivity contribution < 1.29 is 24.1 Å². The largest absolute Gasteiger partial charge is 0.447 e. The summed E-state index contributed by atoms with van der Waals surface area (Å²) in [5.74, 6) is 0. The van der Waals surface area contributed by atoms with E-state index in [9.17, 15) is 9.59 Å². The van der Waals surface area contributed by atoms with E-state index in [-0.39, 0.29) is 6.61 Å². The molecule has 0 heterocycles. The Bertz CT molecular complexity index is 153. The smallest absolute Gasteiger partial charge is 0.436 e. The topological polar surface area (TPSA) is 114 Å². The maximum absolute atomic E-state index is 10.1. The molecule has 2 amide bonds. The summed E-state index contributed by atoms with van der Waals surface area (Å²) in [6.45, 7) is 1.40. The first-order valence-electron chi connectivity index (χ1n) is 3.07. The number of hydrogen-bond acceptors (Lipinski definition) is 5. The van der Waals surface area contributed by atoms with Gasteiger partial charge in [0.05, 0.1) is 0 Å². The highest BCUT2D eigenvalue weighted by Gasteiger charge is 2.07. The Kier molecular flexibility index (Phi) is 4.54. The molecule has 0 aliphatic carbocycles. The zero-order valence-corrected chi connectivity index (χ0v) is 6.48. The van der Waals surface area contributed by atoms with Gasteiger partial charge in [-0.2, -0.15) is 4.89 Å². The molecule has 0 aromatic carbocycles. The van der Waals surface area contributed by atoms with E-state index in [2.05, 4.69) is 26.0 Å². The Balaban J connectivity index is 3.39. The van der Waals surface area contributed by atoms with Gasteiger partial charge in [-0.15, -0.1) is 0 Å². The average molecular weight is 178 g/mol. The number of carbonyl (C=O) groups is 2. The first kappa shape index (κ1) is 10.5. The lowest BCUT2D eigenvalue weighted by atomic mass is 10.4. The Hall–Kier alpha value is -1.50. The molecule has 0 rings (SSSR count). The number of hydrogen-bond donors (Lipinski definition) is 2. The van der Waals surface area contributed by atoms with E-state index in [1.165, 1.54) is 6.92 Å². The minimum absolute atomic E-state index is 0.109. The van der Waals surface area contributed by atoms with Gasteiger partial charge in [0.1, 0.15) is 12.7 Å². The zero-order chi connectivity index (χ0) is 9.56. The predicted molar refractivity (Wildman–Crippen MR) is 36.8 cm³/mol. The van der Waals surface area contributed by atoms with Crippen LogP contribution in [-0.2, 0) is 14.5 Å². The lowest BCUT2D eigenvalue weighted by Crippen LogP contribution is -2.24. The number of ether oxygens (including phenoxy) is 1.